The van der Waals surface area contributed by atoms with Crippen molar-refractivity contribution in [3.05, 3.63) is 23.0 Å². The number of hydrogen-bond donors (Lipinski definition) is 1. The molecule has 5 heteroatoms. The fourth-order valence-corrected chi connectivity index (χ4v) is 5.13. The van der Waals surface area contributed by atoms with E-state index in [-0.39, 0.29) is 11.3 Å². The molecule has 4 rings (SSSR count). The lowest BCUT2D eigenvalue weighted by Crippen LogP contribution is -2.38. The van der Waals surface area contributed by atoms with Crippen LogP contribution >= 0.6 is 0 Å². The van der Waals surface area contributed by atoms with Crippen LogP contribution < -0.4 is 0 Å². The number of nitriles is 1. The average molecular weight is 313 g/mol. The van der Waals surface area contributed by atoms with Crippen LogP contribution in [0.1, 0.15) is 53.8 Å². The minimum atomic E-state index is 0.0977. The molecule has 5 nitrogen and oxygen atoms in total. The van der Waals surface area contributed by atoms with Crippen LogP contribution in [-0.4, -0.2) is 41.6 Å². The van der Waals surface area contributed by atoms with Crippen molar-refractivity contribution in [3.8, 4) is 6.07 Å². The van der Waals surface area contributed by atoms with Crippen molar-refractivity contribution in [2.24, 2.45) is 11.3 Å². The summed E-state index contributed by atoms with van der Waals surface area (Å²) >= 11 is 0. The number of rotatable bonds is 1. The third-order valence-electron chi connectivity index (χ3n) is 6.27. The molecule has 1 saturated carbocycles. The Hall–Kier alpha value is -1.80. The quantitative estimate of drug-likeness (QED) is 0.866. The molecular weight excluding hydrogens is 290 g/mol. The van der Waals surface area contributed by atoms with E-state index in [9.17, 15) is 4.79 Å². The van der Waals surface area contributed by atoms with E-state index in [1.807, 2.05) is 6.92 Å². The second kappa shape index (κ2) is 5.38. The molecule has 0 unspecified atom stereocenters. The van der Waals surface area contributed by atoms with Crippen molar-refractivity contribution < 1.29 is 9.53 Å². The molecule has 3 fully saturated rings. The molecule has 2 aliphatic heterocycles. The van der Waals surface area contributed by atoms with Crippen molar-refractivity contribution >= 4 is 5.91 Å². The molecule has 1 aliphatic carbocycles. The monoisotopic (exact) mass is 313 g/mol. The topological polar surface area (TPSA) is 69.1 Å². The number of amides is 1. The number of aromatic amines is 1. The highest BCUT2D eigenvalue weighted by Gasteiger charge is 2.55. The molecule has 3 heterocycles. The predicted molar refractivity (Wildman–Crippen MR) is 84.9 cm³/mol. The third-order valence-corrected chi connectivity index (χ3v) is 6.27. The summed E-state index contributed by atoms with van der Waals surface area (Å²) in [6, 6.07) is 4.17. The molecule has 0 aromatic carbocycles. The zero-order valence-electron chi connectivity index (χ0n) is 13.6. The Kier molecular flexibility index (Phi) is 3.46. The molecule has 1 aromatic heterocycles. The number of ether oxygens (including phenoxy) is 1. The van der Waals surface area contributed by atoms with Crippen LogP contribution in [0.25, 0.3) is 0 Å². The Bertz CT molecular complexity index is 666. The maximum atomic E-state index is 13.1. The standard InChI is InChI=1S/C18H23N3O2/c1-12-14(9-13(10-19)20-12)17(22)21-11-18(5-7-23-8-6-18)15-3-2-4-16(15)21/h9,15-16,20H,2-8,11H2,1H3/t15-,16+/m1/s1. The molecule has 0 radical (unpaired) electrons. The molecule has 2 saturated heterocycles. The summed E-state index contributed by atoms with van der Waals surface area (Å²) in [6.07, 6.45) is 5.73. The van der Waals surface area contributed by atoms with Crippen molar-refractivity contribution in [2.45, 2.75) is 45.1 Å². The first-order valence-corrected chi connectivity index (χ1v) is 8.63. The second-order valence-electron chi connectivity index (χ2n) is 7.35. The van der Waals surface area contributed by atoms with Gasteiger partial charge in [0.1, 0.15) is 11.8 Å². The normalized spacial score (nSPS) is 28.8. The number of carbonyl (C=O) groups is 1. The Morgan fingerprint density at radius 1 is 1.43 bits per heavy atom. The molecule has 1 amide bonds. The van der Waals surface area contributed by atoms with Gasteiger partial charge in [0.25, 0.3) is 5.91 Å². The minimum Gasteiger partial charge on any atom is -0.381 e. The van der Waals surface area contributed by atoms with E-state index in [0.717, 1.165) is 44.7 Å². The summed E-state index contributed by atoms with van der Waals surface area (Å²) in [5.41, 5.74) is 2.19. The summed E-state index contributed by atoms with van der Waals surface area (Å²) in [7, 11) is 0. The highest BCUT2D eigenvalue weighted by Crippen LogP contribution is 2.54. The van der Waals surface area contributed by atoms with E-state index in [1.54, 1.807) is 6.07 Å². The van der Waals surface area contributed by atoms with Crippen LogP contribution in [0, 0.1) is 29.6 Å². The first-order valence-electron chi connectivity index (χ1n) is 8.63. The van der Waals surface area contributed by atoms with Crippen LogP contribution in [-0.2, 0) is 4.74 Å². The van der Waals surface area contributed by atoms with Crippen molar-refractivity contribution in [1.82, 2.24) is 9.88 Å². The summed E-state index contributed by atoms with van der Waals surface area (Å²) in [5, 5.41) is 9.05. The van der Waals surface area contributed by atoms with E-state index in [1.165, 1.54) is 12.8 Å². The number of aryl methyl sites for hydroxylation is 1. The van der Waals surface area contributed by atoms with Gasteiger partial charge in [-0.25, -0.2) is 0 Å². The average Bonchev–Trinajstić information content (AvgIpc) is 3.24. The Morgan fingerprint density at radius 2 is 2.22 bits per heavy atom. The fraction of sp³-hybridized carbons (Fsp3) is 0.667. The van der Waals surface area contributed by atoms with Gasteiger partial charge in [0, 0.05) is 31.5 Å². The maximum absolute atomic E-state index is 13.1. The first kappa shape index (κ1) is 14.8. The van der Waals surface area contributed by atoms with Crippen LogP contribution in [0.15, 0.2) is 6.07 Å². The second-order valence-corrected chi connectivity index (χ2v) is 7.35. The molecular formula is C18H23N3O2. The van der Waals surface area contributed by atoms with Gasteiger partial charge in [0.05, 0.1) is 5.56 Å². The Morgan fingerprint density at radius 3 is 2.91 bits per heavy atom. The summed E-state index contributed by atoms with van der Waals surface area (Å²) in [5.74, 6) is 0.727. The first-order chi connectivity index (χ1) is 11.1. The van der Waals surface area contributed by atoms with Gasteiger partial charge in [-0.2, -0.15) is 5.26 Å². The van der Waals surface area contributed by atoms with Gasteiger partial charge in [0.2, 0.25) is 0 Å². The van der Waals surface area contributed by atoms with E-state index >= 15 is 0 Å². The number of fused-ring (bicyclic) bond motifs is 2. The van der Waals surface area contributed by atoms with Crippen molar-refractivity contribution in [3.63, 3.8) is 0 Å². The van der Waals surface area contributed by atoms with Gasteiger partial charge in [-0.3, -0.25) is 4.79 Å². The molecule has 3 aliphatic rings. The van der Waals surface area contributed by atoms with E-state index < -0.39 is 0 Å². The number of nitrogens with one attached hydrogen (secondary N) is 1. The molecule has 1 aromatic rings. The highest BCUT2D eigenvalue weighted by atomic mass is 16.5. The lowest BCUT2D eigenvalue weighted by Gasteiger charge is -2.37. The smallest absolute Gasteiger partial charge is 0.255 e. The number of carbonyl (C=O) groups excluding carboxylic acids is 1. The summed E-state index contributed by atoms with van der Waals surface area (Å²) in [4.78, 5) is 18.2. The number of likely N-dealkylation sites (tertiary alicyclic amines) is 1. The molecule has 0 bridgehead atoms. The molecule has 2 atom stereocenters. The molecule has 122 valence electrons. The lowest BCUT2D eigenvalue weighted by molar-refractivity contribution is -0.00100. The minimum absolute atomic E-state index is 0.0977. The highest BCUT2D eigenvalue weighted by molar-refractivity contribution is 5.96. The van der Waals surface area contributed by atoms with Crippen LogP contribution in [0.4, 0.5) is 0 Å². The zero-order valence-corrected chi connectivity index (χ0v) is 13.6. The van der Waals surface area contributed by atoms with Gasteiger partial charge in [-0.1, -0.05) is 6.42 Å². The van der Waals surface area contributed by atoms with Crippen molar-refractivity contribution in [1.29, 1.82) is 5.26 Å². The van der Waals surface area contributed by atoms with Gasteiger partial charge in [0.15, 0.2) is 0 Å². The predicted octanol–water partition coefficient (Wildman–Crippen LogP) is 2.62. The number of nitrogens with zero attached hydrogens (tertiary/aromatic N) is 2. The third kappa shape index (κ3) is 2.20. The molecule has 1 spiro atoms. The summed E-state index contributed by atoms with van der Waals surface area (Å²) < 4.78 is 5.58. The summed E-state index contributed by atoms with van der Waals surface area (Å²) in [6.45, 7) is 4.39. The van der Waals surface area contributed by atoms with Crippen LogP contribution in [0.2, 0.25) is 0 Å². The SMILES string of the molecule is Cc1[nH]c(C#N)cc1C(=O)N1CC2(CCOCC2)[C@@H]2CCC[C@@H]21. The van der Waals surface area contributed by atoms with Gasteiger partial charge >= 0.3 is 0 Å². The van der Waals surface area contributed by atoms with E-state index in [4.69, 9.17) is 10.00 Å². The largest absolute Gasteiger partial charge is 0.381 e. The zero-order chi connectivity index (χ0) is 16.0. The number of aromatic nitrogens is 1. The number of hydrogen-bond acceptors (Lipinski definition) is 3. The lowest BCUT2D eigenvalue weighted by atomic mass is 9.71. The molecule has 1 N–H and O–H groups in total. The fourth-order valence-electron chi connectivity index (χ4n) is 5.13. The number of H-pyrrole nitrogens is 1. The van der Waals surface area contributed by atoms with Crippen LogP contribution in [0.3, 0.4) is 0 Å². The Balaban J connectivity index is 1.64. The maximum Gasteiger partial charge on any atom is 0.255 e. The van der Waals surface area contributed by atoms with Gasteiger partial charge in [-0.15, -0.1) is 0 Å². The van der Waals surface area contributed by atoms with E-state index in [2.05, 4.69) is 16.0 Å². The van der Waals surface area contributed by atoms with Crippen molar-refractivity contribution in [2.75, 3.05) is 19.8 Å². The van der Waals surface area contributed by atoms with E-state index in [0.29, 0.717) is 23.2 Å². The van der Waals surface area contributed by atoms with Gasteiger partial charge < -0.3 is 14.6 Å². The molecule has 23 heavy (non-hydrogen) atoms. The van der Waals surface area contributed by atoms with Crippen LogP contribution in [0.5, 0.6) is 0 Å². The van der Waals surface area contributed by atoms with Gasteiger partial charge in [-0.05, 0) is 50.0 Å². The Labute approximate surface area is 136 Å².